The van der Waals surface area contributed by atoms with Crippen LogP contribution in [0.3, 0.4) is 0 Å². The van der Waals surface area contributed by atoms with Crippen molar-refractivity contribution in [2.75, 3.05) is 19.8 Å². The van der Waals surface area contributed by atoms with E-state index in [9.17, 15) is 4.79 Å². The lowest BCUT2D eigenvalue weighted by Crippen LogP contribution is -2.25. The molecule has 1 amide bonds. The number of anilines is 1. The lowest BCUT2D eigenvalue weighted by Gasteiger charge is -2.21. The molecule has 0 aliphatic rings. The van der Waals surface area contributed by atoms with Crippen LogP contribution < -0.4 is 10.5 Å². The number of nitrogens with two attached hydrogens (primary N) is 1. The molecule has 0 aliphatic heterocycles. The number of amides is 1. The van der Waals surface area contributed by atoms with Crippen LogP contribution in [0, 0.1) is 5.92 Å². The minimum absolute atomic E-state index is 0.0283. The molecule has 18 heavy (non-hydrogen) atoms. The molecule has 0 bridgehead atoms. The Balaban J connectivity index is 3.08. The monoisotopic (exact) mass is 250 g/mol. The predicted molar refractivity (Wildman–Crippen MR) is 73.8 cm³/mol. The van der Waals surface area contributed by atoms with E-state index in [-0.39, 0.29) is 12.0 Å². The van der Waals surface area contributed by atoms with E-state index in [1.54, 1.807) is 32.3 Å². The van der Waals surface area contributed by atoms with E-state index in [1.165, 1.54) is 4.90 Å². The first-order valence-corrected chi connectivity index (χ1v) is 6.10. The van der Waals surface area contributed by atoms with Gasteiger partial charge in [0.2, 0.25) is 0 Å². The number of nitrogen functional groups attached to an aromatic ring is 1. The molecule has 1 unspecified atom stereocenters. The molecule has 1 rings (SSSR count). The first kappa shape index (κ1) is 14.4. The number of nitrogens with zero attached hydrogens (tertiary/aromatic N) is 1. The van der Waals surface area contributed by atoms with Gasteiger partial charge < -0.3 is 15.4 Å². The molecule has 0 aliphatic carbocycles. The van der Waals surface area contributed by atoms with Crippen LogP contribution in [0.15, 0.2) is 18.2 Å². The Bertz CT molecular complexity index is 428. The summed E-state index contributed by atoms with van der Waals surface area (Å²) in [4.78, 5) is 13.6. The normalized spacial score (nSPS) is 12.3. The molecule has 0 radical (unpaired) electrons. The molecule has 2 N–H and O–H groups in total. The van der Waals surface area contributed by atoms with Crippen molar-refractivity contribution in [2.45, 2.75) is 26.9 Å². The molecule has 1 atom stereocenters. The zero-order chi connectivity index (χ0) is 13.9. The lowest BCUT2D eigenvalue weighted by atomic mass is 10.1. The highest BCUT2D eigenvalue weighted by atomic mass is 16.5. The van der Waals surface area contributed by atoms with Crippen molar-refractivity contribution in [2.24, 2.45) is 5.92 Å². The van der Waals surface area contributed by atoms with Gasteiger partial charge in [0.15, 0.2) is 0 Å². The van der Waals surface area contributed by atoms with Crippen molar-refractivity contribution in [1.82, 2.24) is 4.90 Å². The van der Waals surface area contributed by atoms with Crippen molar-refractivity contribution in [3.8, 4) is 5.75 Å². The zero-order valence-electron chi connectivity index (χ0n) is 11.7. The van der Waals surface area contributed by atoms with Gasteiger partial charge in [-0.25, -0.2) is 0 Å². The molecule has 0 saturated carbocycles. The lowest BCUT2D eigenvalue weighted by molar-refractivity contribution is 0.0817. The second kappa shape index (κ2) is 5.76. The fourth-order valence-electron chi connectivity index (χ4n) is 1.39. The van der Waals surface area contributed by atoms with E-state index < -0.39 is 0 Å². The van der Waals surface area contributed by atoms with Gasteiger partial charge in [0.25, 0.3) is 5.91 Å². The minimum Gasteiger partial charge on any atom is -0.490 e. The fourth-order valence-corrected chi connectivity index (χ4v) is 1.39. The predicted octanol–water partition coefficient (Wildman–Crippen LogP) is 2.39. The van der Waals surface area contributed by atoms with E-state index in [0.29, 0.717) is 22.9 Å². The van der Waals surface area contributed by atoms with Crippen molar-refractivity contribution in [1.29, 1.82) is 0 Å². The first-order valence-electron chi connectivity index (χ1n) is 6.10. The Morgan fingerprint density at radius 3 is 2.39 bits per heavy atom. The van der Waals surface area contributed by atoms with Crippen molar-refractivity contribution in [3.05, 3.63) is 23.8 Å². The Labute approximate surface area is 109 Å². The minimum atomic E-state index is -0.0824. The third kappa shape index (κ3) is 3.39. The van der Waals surface area contributed by atoms with Crippen molar-refractivity contribution < 1.29 is 9.53 Å². The third-order valence-electron chi connectivity index (χ3n) is 2.89. The van der Waals surface area contributed by atoms with Crippen LogP contribution in [0.4, 0.5) is 5.69 Å². The Hall–Kier alpha value is -1.71. The van der Waals surface area contributed by atoms with E-state index in [2.05, 4.69) is 13.8 Å². The van der Waals surface area contributed by atoms with Gasteiger partial charge in [-0.05, 0) is 25.0 Å². The summed E-state index contributed by atoms with van der Waals surface area (Å²) in [5, 5.41) is 0. The van der Waals surface area contributed by atoms with Gasteiger partial charge in [-0.3, -0.25) is 4.79 Å². The number of hydrogen-bond donors (Lipinski definition) is 1. The van der Waals surface area contributed by atoms with Gasteiger partial charge in [0.05, 0.1) is 11.7 Å². The van der Waals surface area contributed by atoms with Gasteiger partial charge in [-0.2, -0.15) is 0 Å². The van der Waals surface area contributed by atoms with Crippen LogP contribution in [0.25, 0.3) is 0 Å². The Kier molecular flexibility index (Phi) is 4.59. The van der Waals surface area contributed by atoms with Gasteiger partial charge in [0, 0.05) is 25.8 Å². The van der Waals surface area contributed by atoms with Crippen LogP contribution >= 0.6 is 0 Å². The van der Waals surface area contributed by atoms with Gasteiger partial charge in [-0.1, -0.05) is 13.8 Å². The highest BCUT2D eigenvalue weighted by Gasteiger charge is 2.17. The molecule has 1 aromatic rings. The summed E-state index contributed by atoms with van der Waals surface area (Å²) >= 11 is 0. The maximum absolute atomic E-state index is 12.0. The Morgan fingerprint density at radius 1 is 1.28 bits per heavy atom. The molecule has 0 aromatic heterocycles. The zero-order valence-corrected chi connectivity index (χ0v) is 11.7. The molecule has 0 saturated heterocycles. The summed E-state index contributed by atoms with van der Waals surface area (Å²) in [6, 6.07) is 5.12. The smallest absolute Gasteiger partial charge is 0.257 e. The van der Waals surface area contributed by atoms with Gasteiger partial charge in [-0.15, -0.1) is 0 Å². The SMILES string of the molecule is CC(C)C(C)Oc1cc(N)ccc1C(=O)N(C)C. The van der Waals surface area contributed by atoms with Crippen LogP contribution in [0.1, 0.15) is 31.1 Å². The summed E-state index contributed by atoms with van der Waals surface area (Å²) in [5.74, 6) is 0.838. The summed E-state index contributed by atoms with van der Waals surface area (Å²) in [6.45, 7) is 6.13. The molecule has 0 fully saturated rings. The topological polar surface area (TPSA) is 55.6 Å². The van der Waals surface area contributed by atoms with E-state index in [1.807, 2.05) is 6.92 Å². The molecule has 4 heteroatoms. The second-order valence-corrected chi connectivity index (χ2v) is 5.02. The first-order chi connectivity index (χ1) is 8.32. The van der Waals surface area contributed by atoms with Crippen LogP contribution in [0.2, 0.25) is 0 Å². The summed E-state index contributed by atoms with van der Waals surface area (Å²) < 4.78 is 5.83. The highest BCUT2D eigenvalue weighted by Crippen LogP contribution is 2.25. The molecule has 0 spiro atoms. The van der Waals surface area contributed by atoms with Crippen molar-refractivity contribution in [3.63, 3.8) is 0 Å². The second-order valence-electron chi connectivity index (χ2n) is 5.02. The summed E-state index contributed by atoms with van der Waals surface area (Å²) in [7, 11) is 3.43. The van der Waals surface area contributed by atoms with E-state index >= 15 is 0 Å². The summed E-state index contributed by atoms with van der Waals surface area (Å²) in [5.41, 5.74) is 6.89. The van der Waals surface area contributed by atoms with E-state index in [4.69, 9.17) is 10.5 Å². The number of ether oxygens (including phenoxy) is 1. The molecular weight excluding hydrogens is 228 g/mol. The summed E-state index contributed by atoms with van der Waals surface area (Å²) in [6.07, 6.45) is 0.0283. The van der Waals surface area contributed by atoms with Crippen LogP contribution in [-0.4, -0.2) is 31.0 Å². The number of rotatable bonds is 4. The van der Waals surface area contributed by atoms with Crippen molar-refractivity contribution >= 4 is 11.6 Å². The average molecular weight is 250 g/mol. The molecule has 0 heterocycles. The standard InChI is InChI=1S/C14H22N2O2/c1-9(2)10(3)18-13-8-11(15)6-7-12(13)14(17)16(4)5/h6-10H,15H2,1-5H3. The number of benzene rings is 1. The average Bonchev–Trinajstić information content (AvgIpc) is 2.28. The van der Waals surface area contributed by atoms with Gasteiger partial charge >= 0.3 is 0 Å². The largest absolute Gasteiger partial charge is 0.490 e. The third-order valence-corrected chi connectivity index (χ3v) is 2.89. The van der Waals surface area contributed by atoms with Crippen LogP contribution in [-0.2, 0) is 0 Å². The number of carbonyl (C=O) groups excluding carboxylic acids is 1. The molecule has 4 nitrogen and oxygen atoms in total. The van der Waals surface area contributed by atoms with Crippen LogP contribution in [0.5, 0.6) is 5.75 Å². The number of hydrogen-bond acceptors (Lipinski definition) is 3. The maximum Gasteiger partial charge on any atom is 0.257 e. The van der Waals surface area contributed by atoms with Gasteiger partial charge in [0.1, 0.15) is 5.75 Å². The highest BCUT2D eigenvalue weighted by molar-refractivity contribution is 5.97. The maximum atomic E-state index is 12.0. The fraction of sp³-hybridized carbons (Fsp3) is 0.500. The molecule has 100 valence electrons. The number of carbonyl (C=O) groups is 1. The van der Waals surface area contributed by atoms with E-state index in [0.717, 1.165) is 0 Å². The molecule has 1 aromatic carbocycles. The quantitative estimate of drug-likeness (QED) is 0.835. The molecular formula is C14H22N2O2. The Morgan fingerprint density at radius 2 is 1.89 bits per heavy atom.